The number of fused-ring (bicyclic) bond motifs is 2. The molecule has 0 radical (unpaired) electrons. The molecule has 3 aromatic rings. The van der Waals surface area contributed by atoms with Gasteiger partial charge in [0.1, 0.15) is 0 Å². The largest absolute Gasteiger partial charge is 0.490 e. The van der Waals surface area contributed by atoms with E-state index in [4.69, 9.17) is 9.47 Å². The van der Waals surface area contributed by atoms with Crippen molar-refractivity contribution in [1.82, 2.24) is 4.90 Å². The molecule has 0 atom stereocenters. The van der Waals surface area contributed by atoms with Crippen molar-refractivity contribution in [1.29, 1.82) is 0 Å². The summed E-state index contributed by atoms with van der Waals surface area (Å²) in [6.45, 7) is 13.8. The lowest BCUT2D eigenvalue weighted by Gasteiger charge is -2.36. The average Bonchev–Trinajstić information content (AvgIpc) is 2.97. The Hall–Kier alpha value is -3.81. The minimum Gasteiger partial charge on any atom is -0.490 e. The van der Waals surface area contributed by atoms with Crippen molar-refractivity contribution in [3.8, 4) is 16.9 Å². The highest BCUT2D eigenvalue weighted by Crippen LogP contribution is 2.44. The lowest BCUT2D eigenvalue weighted by atomic mass is 9.79. The van der Waals surface area contributed by atoms with E-state index < -0.39 is 17.6 Å². The molecule has 222 valence electrons. The van der Waals surface area contributed by atoms with E-state index in [0.29, 0.717) is 49.5 Å². The van der Waals surface area contributed by atoms with Crippen molar-refractivity contribution in [2.75, 3.05) is 19.8 Å². The van der Waals surface area contributed by atoms with Crippen molar-refractivity contribution in [3.05, 3.63) is 92.8 Å². The second-order valence-electron chi connectivity index (χ2n) is 11.0. The molecule has 0 bridgehead atoms. The summed E-state index contributed by atoms with van der Waals surface area (Å²) in [5, 5.41) is 0. The topological polar surface area (TPSA) is 38.8 Å². The maximum absolute atomic E-state index is 15.4. The van der Waals surface area contributed by atoms with Crippen molar-refractivity contribution in [3.63, 3.8) is 0 Å². The zero-order valence-corrected chi connectivity index (χ0v) is 24.4. The van der Waals surface area contributed by atoms with Crippen molar-refractivity contribution < 1.29 is 31.8 Å². The first-order valence-electron chi connectivity index (χ1n) is 14.3. The number of benzene rings is 3. The smallest absolute Gasteiger partial charge is 0.416 e. The van der Waals surface area contributed by atoms with Crippen molar-refractivity contribution >= 4 is 11.7 Å². The zero-order valence-electron chi connectivity index (χ0n) is 24.4. The van der Waals surface area contributed by atoms with Gasteiger partial charge in [-0.1, -0.05) is 18.7 Å². The van der Waals surface area contributed by atoms with Crippen LogP contribution in [0, 0.1) is 26.6 Å². The van der Waals surface area contributed by atoms with Crippen LogP contribution >= 0.6 is 0 Å². The van der Waals surface area contributed by atoms with E-state index >= 15 is 4.39 Å². The molecule has 5 rings (SSSR count). The molecule has 0 aliphatic carbocycles. The van der Waals surface area contributed by atoms with Crippen LogP contribution in [0.25, 0.3) is 16.8 Å². The summed E-state index contributed by atoms with van der Waals surface area (Å²) >= 11 is 0. The minimum absolute atomic E-state index is 0.0692. The van der Waals surface area contributed by atoms with E-state index in [-0.39, 0.29) is 19.0 Å². The van der Waals surface area contributed by atoms with Gasteiger partial charge in [0.15, 0.2) is 11.6 Å². The predicted octanol–water partition coefficient (Wildman–Crippen LogP) is 7.90. The molecule has 8 heteroatoms. The molecular weight excluding hydrogens is 546 g/mol. The quantitative estimate of drug-likeness (QED) is 0.219. The first-order valence-corrected chi connectivity index (χ1v) is 14.3. The third-order valence-corrected chi connectivity index (χ3v) is 8.64. The molecule has 0 saturated heterocycles. The number of nitrogens with zero attached hydrogens (tertiary/aromatic N) is 1. The van der Waals surface area contributed by atoms with Crippen LogP contribution in [0.5, 0.6) is 5.75 Å². The molecule has 0 N–H and O–H groups in total. The fourth-order valence-electron chi connectivity index (χ4n) is 6.39. The van der Waals surface area contributed by atoms with Crippen LogP contribution < -0.4 is 4.74 Å². The molecule has 0 spiro atoms. The Morgan fingerprint density at radius 3 is 2.40 bits per heavy atom. The summed E-state index contributed by atoms with van der Waals surface area (Å²) in [5.74, 6) is -0.450. The normalized spacial score (nSPS) is 14.6. The van der Waals surface area contributed by atoms with Gasteiger partial charge in [-0.05, 0) is 115 Å². The van der Waals surface area contributed by atoms with E-state index in [0.717, 1.165) is 68.6 Å². The average molecular weight is 582 g/mol. The Labute approximate surface area is 243 Å². The van der Waals surface area contributed by atoms with Crippen LogP contribution in [0.3, 0.4) is 0 Å². The fourth-order valence-corrected chi connectivity index (χ4v) is 6.39. The Balaban J connectivity index is 1.61. The number of carbonyl (C=O) groups excluding carboxylic acids is 1. The first kappa shape index (κ1) is 29.7. The maximum Gasteiger partial charge on any atom is 0.416 e. The lowest BCUT2D eigenvalue weighted by Crippen LogP contribution is -2.31. The standard InChI is InChI=1S/C34H35F4NO3/c1-6-41-31(40)17-28-19(2)25-13-14-39(22(5)23-9-11-24(12-10-23)34(36,37)38)18-29(25)21(4)32(28)27-16-30(35)33-26(20(27)3)8-7-15-42-33/h9-12,16H,5-8,13-15,17-18H2,1-4H3. The Morgan fingerprint density at radius 2 is 1.74 bits per heavy atom. The number of hydrogen-bond donors (Lipinski definition) is 0. The number of ether oxygens (including phenoxy) is 2. The van der Waals surface area contributed by atoms with E-state index in [1.807, 2.05) is 20.8 Å². The zero-order chi connectivity index (χ0) is 30.3. The van der Waals surface area contributed by atoms with Crippen molar-refractivity contribution in [2.24, 2.45) is 0 Å². The third-order valence-electron chi connectivity index (χ3n) is 8.64. The number of alkyl halides is 3. The molecule has 4 nitrogen and oxygen atoms in total. The summed E-state index contributed by atoms with van der Waals surface area (Å²) in [6, 6.07) is 6.57. The highest BCUT2D eigenvalue weighted by Gasteiger charge is 2.32. The van der Waals surface area contributed by atoms with Gasteiger partial charge in [0.2, 0.25) is 0 Å². The number of hydrogen-bond acceptors (Lipinski definition) is 4. The van der Waals surface area contributed by atoms with Crippen LogP contribution in [-0.2, 0) is 41.5 Å². The third kappa shape index (κ3) is 5.39. The second-order valence-corrected chi connectivity index (χ2v) is 11.0. The van der Waals surface area contributed by atoms with Crippen LogP contribution in [0.4, 0.5) is 17.6 Å². The molecule has 0 saturated carbocycles. The molecule has 3 aromatic carbocycles. The first-order chi connectivity index (χ1) is 19.9. The molecule has 2 heterocycles. The van der Waals surface area contributed by atoms with Crippen LogP contribution in [-0.4, -0.2) is 30.6 Å². The molecule has 2 aliphatic rings. The molecule has 0 unspecified atom stereocenters. The van der Waals surface area contributed by atoms with Gasteiger partial charge in [0.05, 0.1) is 25.2 Å². The summed E-state index contributed by atoms with van der Waals surface area (Å²) in [6.07, 6.45) is -2.15. The number of halogens is 4. The molecule has 42 heavy (non-hydrogen) atoms. The SMILES string of the molecule is C=C(c1ccc(C(F)(F)F)cc1)N1CCc2c(C)c(CC(=O)OCC)c(-c3cc(F)c4c(c3C)CCCO4)c(C)c2C1. The summed E-state index contributed by atoms with van der Waals surface area (Å²) in [5.41, 5.74) is 8.84. The summed E-state index contributed by atoms with van der Waals surface area (Å²) in [7, 11) is 0. The Bertz CT molecular complexity index is 1560. The van der Waals surface area contributed by atoms with Gasteiger partial charge in [0, 0.05) is 24.4 Å². The fraction of sp³-hybridized carbons (Fsp3) is 0.382. The highest BCUT2D eigenvalue weighted by molar-refractivity contribution is 5.84. The monoisotopic (exact) mass is 581 g/mol. The van der Waals surface area contributed by atoms with Gasteiger partial charge >= 0.3 is 12.1 Å². The lowest BCUT2D eigenvalue weighted by molar-refractivity contribution is -0.142. The van der Waals surface area contributed by atoms with E-state index in [2.05, 4.69) is 11.5 Å². The maximum atomic E-state index is 15.4. The highest BCUT2D eigenvalue weighted by atomic mass is 19.4. The number of esters is 1. The van der Waals surface area contributed by atoms with Gasteiger partial charge < -0.3 is 14.4 Å². The second kappa shape index (κ2) is 11.5. The van der Waals surface area contributed by atoms with Crippen LogP contribution in [0.1, 0.15) is 63.4 Å². The van der Waals surface area contributed by atoms with Gasteiger partial charge in [0.25, 0.3) is 0 Å². The van der Waals surface area contributed by atoms with Gasteiger partial charge in [-0.3, -0.25) is 4.79 Å². The van der Waals surface area contributed by atoms with Gasteiger partial charge in [-0.25, -0.2) is 4.39 Å². The molecule has 0 aromatic heterocycles. The molecule has 0 amide bonds. The van der Waals surface area contributed by atoms with Crippen LogP contribution in [0.15, 0.2) is 36.9 Å². The van der Waals surface area contributed by atoms with Gasteiger partial charge in [-0.15, -0.1) is 0 Å². The van der Waals surface area contributed by atoms with Crippen molar-refractivity contribution in [2.45, 2.75) is 66.1 Å². The minimum atomic E-state index is -4.41. The summed E-state index contributed by atoms with van der Waals surface area (Å²) in [4.78, 5) is 14.9. The molecule has 2 aliphatic heterocycles. The number of carbonyl (C=O) groups is 1. The summed E-state index contributed by atoms with van der Waals surface area (Å²) < 4.78 is 65.8. The number of rotatable bonds is 6. The van der Waals surface area contributed by atoms with Gasteiger partial charge in [-0.2, -0.15) is 13.2 Å². The van der Waals surface area contributed by atoms with E-state index in [1.165, 1.54) is 18.2 Å². The Kier molecular flexibility index (Phi) is 8.10. The van der Waals surface area contributed by atoms with E-state index in [1.54, 1.807) is 6.92 Å². The molecule has 0 fully saturated rings. The van der Waals surface area contributed by atoms with Crippen LogP contribution in [0.2, 0.25) is 0 Å². The Morgan fingerprint density at radius 1 is 1.02 bits per heavy atom. The predicted molar refractivity (Wildman–Crippen MR) is 155 cm³/mol. The van der Waals surface area contributed by atoms with E-state index in [9.17, 15) is 18.0 Å². The molecular formula is C34H35F4NO3.